The Hall–Kier alpha value is -2.40. The Labute approximate surface area is 142 Å². The summed E-state index contributed by atoms with van der Waals surface area (Å²) in [6, 6.07) is 11.5. The molecule has 2 heterocycles. The summed E-state index contributed by atoms with van der Waals surface area (Å²) >= 11 is 0. The number of aromatic nitrogens is 1. The molecule has 3 rings (SSSR count). The van der Waals surface area contributed by atoms with Crippen LogP contribution in [-0.2, 0) is 0 Å². The van der Waals surface area contributed by atoms with E-state index in [0.29, 0.717) is 5.56 Å². The number of anilines is 3. The van der Waals surface area contributed by atoms with Crippen molar-refractivity contribution in [1.82, 2.24) is 4.98 Å². The number of pyridine rings is 1. The van der Waals surface area contributed by atoms with E-state index in [1.54, 1.807) is 6.92 Å². The first-order valence-electron chi connectivity index (χ1n) is 8.31. The summed E-state index contributed by atoms with van der Waals surface area (Å²) in [5, 5.41) is 13.0. The predicted octanol–water partition coefficient (Wildman–Crippen LogP) is 3.30. The second-order valence-corrected chi connectivity index (χ2v) is 6.33. The van der Waals surface area contributed by atoms with Crippen molar-refractivity contribution in [2.24, 2.45) is 0 Å². The summed E-state index contributed by atoms with van der Waals surface area (Å²) in [7, 11) is 0. The molecule has 0 radical (unpaired) electrons. The molecule has 1 aliphatic rings. The molecule has 1 aliphatic heterocycles. The minimum atomic E-state index is -0.191. The number of aliphatic hydroxyl groups is 1. The normalized spacial score (nSPS) is 15.4. The minimum Gasteiger partial charge on any atom is -0.393 e. The smallest absolute Gasteiger partial charge is 0.159 e. The summed E-state index contributed by atoms with van der Waals surface area (Å²) in [5.41, 5.74) is 3.56. The standard InChI is InChI=1S/C19H23N3O2/c1-13-11-17(21-16-5-3-15(4-6-16)14(2)23)12-19(20-13)22-9-7-18(24)8-10-22/h3-6,11-12,18,24H,7-10H2,1-2H3,(H,20,21). The Morgan fingerprint density at radius 3 is 2.46 bits per heavy atom. The van der Waals surface area contributed by atoms with Crippen LogP contribution in [0.3, 0.4) is 0 Å². The molecule has 5 nitrogen and oxygen atoms in total. The average Bonchev–Trinajstić information content (AvgIpc) is 2.55. The molecule has 2 N–H and O–H groups in total. The van der Waals surface area contributed by atoms with Gasteiger partial charge in [0.25, 0.3) is 0 Å². The highest BCUT2D eigenvalue weighted by Crippen LogP contribution is 2.25. The maximum atomic E-state index is 11.4. The average molecular weight is 325 g/mol. The number of rotatable bonds is 4. The van der Waals surface area contributed by atoms with E-state index in [-0.39, 0.29) is 11.9 Å². The number of nitrogens with one attached hydrogen (secondary N) is 1. The lowest BCUT2D eigenvalue weighted by Gasteiger charge is -2.31. The van der Waals surface area contributed by atoms with Gasteiger partial charge in [0.2, 0.25) is 0 Å². The summed E-state index contributed by atoms with van der Waals surface area (Å²) < 4.78 is 0. The van der Waals surface area contributed by atoms with Crippen molar-refractivity contribution >= 4 is 23.0 Å². The van der Waals surface area contributed by atoms with Gasteiger partial charge in [0.1, 0.15) is 5.82 Å². The first-order chi connectivity index (χ1) is 11.5. The van der Waals surface area contributed by atoms with Crippen LogP contribution >= 0.6 is 0 Å². The van der Waals surface area contributed by atoms with Crippen molar-refractivity contribution < 1.29 is 9.90 Å². The van der Waals surface area contributed by atoms with Gasteiger partial charge >= 0.3 is 0 Å². The number of piperidine rings is 1. The Morgan fingerprint density at radius 1 is 1.17 bits per heavy atom. The molecule has 126 valence electrons. The van der Waals surface area contributed by atoms with E-state index < -0.39 is 0 Å². The largest absolute Gasteiger partial charge is 0.393 e. The fourth-order valence-electron chi connectivity index (χ4n) is 2.94. The highest BCUT2D eigenvalue weighted by Gasteiger charge is 2.18. The lowest BCUT2D eigenvalue weighted by molar-refractivity contribution is 0.101. The molecular formula is C19H23N3O2. The molecule has 5 heteroatoms. The van der Waals surface area contributed by atoms with Crippen LogP contribution in [0.1, 0.15) is 35.8 Å². The van der Waals surface area contributed by atoms with Crippen molar-refractivity contribution in [2.45, 2.75) is 32.8 Å². The first-order valence-corrected chi connectivity index (χ1v) is 8.31. The molecule has 2 aromatic rings. The topological polar surface area (TPSA) is 65.5 Å². The zero-order valence-corrected chi connectivity index (χ0v) is 14.1. The molecule has 1 aromatic heterocycles. The van der Waals surface area contributed by atoms with E-state index in [9.17, 15) is 9.90 Å². The van der Waals surface area contributed by atoms with Gasteiger partial charge in [-0.15, -0.1) is 0 Å². The highest BCUT2D eigenvalue weighted by atomic mass is 16.3. The summed E-state index contributed by atoms with van der Waals surface area (Å²) in [5.74, 6) is 1.00. The second-order valence-electron chi connectivity index (χ2n) is 6.33. The van der Waals surface area contributed by atoms with Crippen LogP contribution in [0.25, 0.3) is 0 Å². The molecule has 0 saturated carbocycles. The number of hydrogen-bond acceptors (Lipinski definition) is 5. The molecular weight excluding hydrogens is 302 g/mol. The van der Waals surface area contributed by atoms with Gasteiger partial charge < -0.3 is 15.3 Å². The Bertz CT molecular complexity index is 720. The van der Waals surface area contributed by atoms with Gasteiger partial charge in [-0.1, -0.05) is 0 Å². The number of aliphatic hydroxyl groups excluding tert-OH is 1. The van der Waals surface area contributed by atoms with E-state index in [0.717, 1.165) is 48.8 Å². The quantitative estimate of drug-likeness (QED) is 0.845. The van der Waals surface area contributed by atoms with Gasteiger partial charge in [0, 0.05) is 41.8 Å². The number of Topliss-reactive ketones (excluding diaryl/α,β-unsaturated/α-hetero) is 1. The van der Waals surface area contributed by atoms with E-state index in [1.807, 2.05) is 43.3 Å². The van der Waals surface area contributed by atoms with Crippen molar-refractivity contribution in [3.8, 4) is 0 Å². The number of aryl methyl sites for hydroxylation is 1. The van der Waals surface area contributed by atoms with E-state index in [4.69, 9.17) is 0 Å². The Balaban J connectivity index is 1.77. The van der Waals surface area contributed by atoms with Gasteiger partial charge in [-0.3, -0.25) is 4.79 Å². The number of nitrogens with zero attached hydrogens (tertiary/aromatic N) is 2. The van der Waals surface area contributed by atoms with Crippen LogP contribution < -0.4 is 10.2 Å². The minimum absolute atomic E-state index is 0.0656. The molecule has 0 aliphatic carbocycles. The molecule has 0 amide bonds. The lowest BCUT2D eigenvalue weighted by Crippen LogP contribution is -2.36. The zero-order valence-electron chi connectivity index (χ0n) is 14.1. The van der Waals surface area contributed by atoms with Gasteiger partial charge in [-0.25, -0.2) is 4.98 Å². The van der Waals surface area contributed by atoms with Crippen molar-refractivity contribution in [2.75, 3.05) is 23.3 Å². The van der Waals surface area contributed by atoms with Crippen molar-refractivity contribution in [1.29, 1.82) is 0 Å². The van der Waals surface area contributed by atoms with Crippen LogP contribution in [0, 0.1) is 6.92 Å². The first kappa shape index (κ1) is 16.5. The fraction of sp³-hybridized carbons (Fsp3) is 0.368. The molecule has 1 fully saturated rings. The molecule has 1 saturated heterocycles. The summed E-state index contributed by atoms with van der Waals surface area (Å²) in [6.45, 7) is 5.19. The Morgan fingerprint density at radius 2 is 1.83 bits per heavy atom. The zero-order chi connectivity index (χ0) is 17.1. The number of benzene rings is 1. The third kappa shape index (κ3) is 3.92. The van der Waals surface area contributed by atoms with E-state index in [2.05, 4.69) is 15.2 Å². The molecule has 24 heavy (non-hydrogen) atoms. The third-order valence-electron chi connectivity index (χ3n) is 4.31. The van der Waals surface area contributed by atoms with Crippen LogP contribution in [0.15, 0.2) is 36.4 Å². The Kier molecular flexibility index (Phi) is 4.81. The third-order valence-corrected chi connectivity index (χ3v) is 4.31. The number of ketones is 1. The molecule has 0 bridgehead atoms. The van der Waals surface area contributed by atoms with Gasteiger partial charge in [0.05, 0.1) is 6.10 Å². The number of hydrogen-bond donors (Lipinski definition) is 2. The van der Waals surface area contributed by atoms with Crippen LogP contribution in [-0.4, -0.2) is 35.1 Å². The molecule has 1 aromatic carbocycles. The van der Waals surface area contributed by atoms with E-state index in [1.165, 1.54) is 0 Å². The fourth-order valence-corrected chi connectivity index (χ4v) is 2.94. The van der Waals surface area contributed by atoms with Gasteiger partial charge in [-0.2, -0.15) is 0 Å². The maximum absolute atomic E-state index is 11.4. The van der Waals surface area contributed by atoms with Crippen LogP contribution in [0.5, 0.6) is 0 Å². The van der Waals surface area contributed by atoms with Crippen molar-refractivity contribution in [3.05, 3.63) is 47.7 Å². The van der Waals surface area contributed by atoms with Crippen molar-refractivity contribution in [3.63, 3.8) is 0 Å². The molecule has 0 atom stereocenters. The monoisotopic (exact) mass is 325 g/mol. The summed E-state index contributed by atoms with van der Waals surface area (Å²) in [6.07, 6.45) is 1.37. The number of carbonyl (C=O) groups excluding carboxylic acids is 1. The molecule has 0 unspecified atom stereocenters. The van der Waals surface area contributed by atoms with Crippen LogP contribution in [0.2, 0.25) is 0 Å². The summed E-state index contributed by atoms with van der Waals surface area (Å²) in [4.78, 5) is 18.2. The van der Waals surface area contributed by atoms with E-state index >= 15 is 0 Å². The SMILES string of the molecule is CC(=O)c1ccc(Nc2cc(C)nc(N3CCC(O)CC3)c2)cc1. The number of carbonyl (C=O) groups is 1. The highest BCUT2D eigenvalue weighted by molar-refractivity contribution is 5.94. The van der Waals surface area contributed by atoms with Gasteiger partial charge in [-0.05, 0) is 57.0 Å². The second kappa shape index (κ2) is 7.01. The van der Waals surface area contributed by atoms with Gasteiger partial charge in [0.15, 0.2) is 5.78 Å². The molecule has 0 spiro atoms. The lowest BCUT2D eigenvalue weighted by atomic mass is 10.1. The predicted molar refractivity (Wildman–Crippen MR) is 96.2 cm³/mol. The van der Waals surface area contributed by atoms with Crippen LogP contribution in [0.4, 0.5) is 17.2 Å². The maximum Gasteiger partial charge on any atom is 0.159 e.